The lowest BCUT2D eigenvalue weighted by Gasteiger charge is -2.19. The van der Waals surface area contributed by atoms with Crippen LogP contribution in [-0.4, -0.2) is 50.6 Å². The topological polar surface area (TPSA) is 86.2 Å². The zero-order chi connectivity index (χ0) is 23.7. The van der Waals surface area contributed by atoms with E-state index in [-0.39, 0.29) is 30.9 Å². The summed E-state index contributed by atoms with van der Waals surface area (Å²) in [6, 6.07) is 9.31. The summed E-state index contributed by atoms with van der Waals surface area (Å²) in [7, 11) is 1.60. The summed E-state index contributed by atoms with van der Waals surface area (Å²) in [4.78, 5) is 12.0. The van der Waals surface area contributed by atoms with Crippen LogP contribution in [0.1, 0.15) is 30.5 Å². The third-order valence-corrected chi connectivity index (χ3v) is 5.07. The van der Waals surface area contributed by atoms with Crippen molar-refractivity contribution in [3.63, 3.8) is 0 Å². The summed E-state index contributed by atoms with van der Waals surface area (Å²) in [6.45, 7) is 10.8. The Hall–Kier alpha value is -2.48. The van der Waals surface area contributed by atoms with E-state index in [0.717, 1.165) is 16.7 Å². The van der Waals surface area contributed by atoms with Gasteiger partial charge in [0.25, 0.3) is 0 Å². The number of benzene rings is 2. The van der Waals surface area contributed by atoms with Crippen LogP contribution in [0.25, 0.3) is 0 Å². The van der Waals surface area contributed by atoms with Crippen molar-refractivity contribution >= 4 is 18.4 Å². The van der Waals surface area contributed by atoms with E-state index in [1.807, 2.05) is 51.1 Å². The van der Waals surface area contributed by atoms with Gasteiger partial charge >= 0.3 is 5.97 Å². The zero-order valence-corrected chi connectivity index (χ0v) is 21.1. The molecule has 0 spiro atoms. The second kappa shape index (κ2) is 13.9. The van der Waals surface area contributed by atoms with E-state index in [2.05, 4.69) is 5.32 Å². The van der Waals surface area contributed by atoms with E-state index < -0.39 is 6.10 Å². The van der Waals surface area contributed by atoms with Crippen molar-refractivity contribution in [2.24, 2.45) is 5.92 Å². The summed E-state index contributed by atoms with van der Waals surface area (Å²) < 4.78 is 22.3. The summed E-state index contributed by atoms with van der Waals surface area (Å²) >= 11 is 0. The van der Waals surface area contributed by atoms with E-state index in [9.17, 15) is 9.90 Å². The zero-order valence-electron chi connectivity index (χ0n) is 20.3. The van der Waals surface area contributed by atoms with E-state index in [1.54, 1.807) is 21.0 Å². The highest BCUT2D eigenvalue weighted by molar-refractivity contribution is 5.85. The Kier molecular flexibility index (Phi) is 12.1. The Balaban J connectivity index is 0.00000544. The maximum absolute atomic E-state index is 12.0. The van der Waals surface area contributed by atoms with Gasteiger partial charge in [0, 0.05) is 13.1 Å². The molecule has 0 radical (unpaired) electrons. The first-order chi connectivity index (χ1) is 15.2. The third-order valence-electron chi connectivity index (χ3n) is 5.07. The molecule has 33 heavy (non-hydrogen) atoms. The van der Waals surface area contributed by atoms with Gasteiger partial charge in [-0.15, -0.1) is 12.4 Å². The number of rotatable bonds is 12. The summed E-state index contributed by atoms with van der Waals surface area (Å²) in [5, 5.41) is 13.4. The highest BCUT2D eigenvalue weighted by Crippen LogP contribution is 2.33. The number of hydrogen-bond acceptors (Lipinski definition) is 7. The van der Waals surface area contributed by atoms with Crippen LogP contribution in [-0.2, 0) is 4.79 Å². The molecule has 1 unspecified atom stereocenters. The highest BCUT2D eigenvalue weighted by atomic mass is 35.5. The van der Waals surface area contributed by atoms with Crippen LogP contribution in [0.5, 0.6) is 23.0 Å². The minimum Gasteiger partial charge on any atom is -0.493 e. The van der Waals surface area contributed by atoms with Gasteiger partial charge in [-0.1, -0.05) is 26.0 Å². The Labute approximate surface area is 202 Å². The number of aliphatic hydroxyl groups excluding tert-OH is 1. The number of aliphatic hydroxyl groups is 1. The molecule has 0 heterocycles. The Morgan fingerprint density at radius 1 is 1.03 bits per heavy atom. The molecule has 184 valence electrons. The number of hydrogen-bond donors (Lipinski definition) is 2. The maximum Gasteiger partial charge on any atom is 0.313 e. The number of aryl methyl sites for hydroxylation is 1. The van der Waals surface area contributed by atoms with Crippen molar-refractivity contribution in [2.75, 3.05) is 33.4 Å². The molecule has 0 fully saturated rings. The predicted molar refractivity (Wildman–Crippen MR) is 131 cm³/mol. The van der Waals surface area contributed by atoms with Crippen LogP contribution in [0.3, 0.4) is 0 Å². The van der Waals surface area contributed by atoms with Gasteiger partial charge in [0.15, 0.2) is 11.5 Å². The van der Waals surface area contributed by atoms with Gasteiger partial charge in [0.1, 0.15) is 30.8 Å². The number of carbonyl (C=O) groups excluding carboxylic acids is 1. The van der Waals surface area contributed by atoms with E-state index >= 15 is 0 Å². The molecule has 0 aromatic heterocycles. The quantitative estimate of drug-likeness (QED) is 0.269. The van der Waals surface area contributed by atoms with Crippen LogP contribution in [0.4, 0.5) is 0 Å². The number of methoxy groups -OCH3 is 1. The molecule has 0 aliphatic carbocycles. The number of para-hydroxylation sites is 2. The van der Waals surface area contributed by atoms with Gasteiger partial charge in [0.2, 0.25) is 0 Å². The first-order valence-electron chi connectivity index (χ1n) is 10.8. The van der Waals surface area contributed by atoms with E-state index in [4.69, 9.17) is 18.9 Å². The number of esters is 1. The van der Waals surface area contributed by atoms with Gasteiger partial charge in [-0.2, -0.15) is 0 Å². The lowest BCUT2D eigenvalue weighted by Crippen LogP contribution is -2.33. The second-order valence-electron chi connectivity index (χ2n) is 8.01. The summed E-state index contributed by atoms with van der Waals surface area (Å²) in [6.07, 6.45) is -0.681. The molecule has 2 rings (SSSR count). The molecule has 2 aromatic rings. The van der Waals surface area contributed by atoms with Gasteiger partial charge < -0.3 is 29.4 Å². The Bertz CT molecular complexity index is 903. The molecule has 0 bridgehead atoms. The van der Waals surface area contributed by atoms with Crippen LogP contribution >= 0.6 is 12.4 Å². The van der Waals surface area contributed by atoms with Gasteiger partial charge in [0.05, 0.1) is 13.0 Å². The fourth-order valence-electron chi connectivity index (χ4n) is 3.03. The van der Waals surface area contributed by atoms with E-state index in [0.29, 0.717) is 42.7 Å². The maximum atomic E-state index is 12.0. The Morgan fingerprint density at radius 2 is 1.70 bits per heavy atom. The molecule has 0 saturated heterocycles. The lowest BCUT2D eigenvalue weighted by atomic mass is 10.0. The third kappa shape index (κ3) is 8.42. The number of ether oxygens (including phenoxy) is 4. The molecular formula is C25H36ClNO6. The molecule has 0 saturated carbocycles. The molecular weight excluding hydrogens is 446 g/mol. The molecule has 0 amide bonds. The standard InChI is InChI=1S/C25H35NO6.ClH/c1-16(2)25(28)32-24-17(3)13-23(18(4)19(24)5)31-15-20(27)14-26-11-12-30-22-10-8-7-9-21(22)29-6;/h7-10,13,16,20,26-27H,11-12,14-15H2,1-6H3;1H. The molecule has 2 N–H and O–H groups in total. The molecule has 0 aliphatic heterocycles. The van der Waals surface area contributed by atoms with Gasteiger partial charge in [-0.25, -0.2) is 0 Å². The average molecular weight is 482 g/mol. The molecule has 8 heteroatoms. The molecule has 0 aliphatic rings. The molecule has 2 aromatic carbocycles. The minimum atomic E-state index is -0.681. The van der Waals surface area contributed by atoms with Crippen molar-refractivity contribution in [1.29, 1.82) is 0 Å². The minimum absolute atomic E-state index is 0. The van der Waals surface area contributed by atoms with E-state index in [1.165, 1.54) is 0 Å². The van der Waals surface area contributed by atoms with Crippen LogP contribution < -0.4 is 24.3 Å². The van der Waals surface area contributed by atoms with Crippen molar-refractivity contribution in [2.45, 2.75) is 40.7 Å². The average Bonchev–Trinajstić information content (AvgIpc) is 2.77. The van der Waals surface area contributed by atoms with Crippen LogP contribution in [0.2, 0.25) is 0 Å². The highest BCUT2D eigenvalue weighted by Gasteiger charge is 2.18. The van der Waals surface area contributed by atoms with Crippen LogP contribution in [0.15, 0.2) is 30.3 Å². The summed E-state index contributed by atoms with van der Waals surface area (Å²) in [5.74, 6) is 2.15. The molecule has 7 nitrogen and oxygen atoms in total. The summed E-state index contributed by atoms with van der Waals surface area (Å²) in [5.41, 5.74) is 2.56. The second-order valence-corrected chi connectivity index (χ2v) is 8.01. The predicted octanol–water partition coefficient (Wildman–Crippen LogP) is 4.01. The molecule has 1 atom stereocenters. The fraction of sp³-hybridized carbons (Fsp3) is 0.480. The number of carbonyl (C=O) groups is 1. The van der Waals surface area contributed by atoms with Crippen LogP contribution in [0, 0.1) is 26.7 Å². The van der Waals surface area contributed by atoms with Gasteiger partial charge in [-0.3, -0.25) is 4.79 Å². The van der Waals surface area contributed by atoms with Gasteiger partial charge in [-0.05, 0) is 55.7 Å². The lowest BCUT2D eigenvalue weighted by molar-refractivity contribution is -0.137. The van der Waals surface area contributed by atoms with Crippen molar-refractivity contribution < 1.29 is 28.8 Å². The fourth-order valence-corrected chi connectivity index (χ4v) is 3.03. The SMILES string of the molecule is COc1ccccc1OCCNCC(O)COc1cc(C)c(OC(=O)C(C)C)c(C)c1C.Cl. The van der Waals surface area contributed by atoms with Crippen molar-refractivity contribution in [3.05, 3.63) is 47.0 Å². The first kappa shape index (κ1) is 28.6. The number of halogens is 1. The van der Waals surface area contributed by atoms with Crippen molar-refractivity contribution in [1.82, 2.24) is 5.32 Å². The first-order valence-corrected chi connectivity index (χ1v) is 10.8. The monoisotopic (exact) mass is 481 g/mol. The Morgan fingerprint density at radius 3 is 2.33 bits per heavy atom. The normalized spacial score (nSPS) is 11.5. The smallest absolute Gasteiger partial charge is 0.313 e. The van der Waals surface area contributed by atoms with Crippen molar-refractivity contribution in [3.8, 4) is 23.0 Å². The number of nitrogens with one attached hydrogen (secondary N) is 1. The largest absolute Gasteiger partial charge is 0.493 e.